The first kappa shape index (κ1) is 24.8. The lowest BCUT2D eigenvalue weighted by atomic mass is 10.1. The molecule has 0 fully saturated rings. The first-order valence-corrected chi connectivity index (χ1v) is 11.1. The van der Waals surface area contributed by atoms with Crippen molar-refractivity contribution in [3.8, 4) is 11.5 Å². The van der Waals surface area contributed by atoms with Crippen LogP contribution in [0.4, 0.5) is 0 Å². The zero-order chi connectivity index (χ0) is 20.2. The van der Waals surface area contributed by atoms with E-state index in [1.54, 1.807) is 20.9 Å². The summed E-state index contributed by atoms with van der Waals surface area (Å²) in [6.45, 7) is 8.71. The fraction of sp³-hybridized carbons (Fsp3) is 0.632. The lowest BCUT2D eigenvalue weighted by Crippen LogP contribution is -2.47. The Morgan fingerprint density at radius 3 is 2.61 bits per heavy atom. The number of rotatable bonds is 7. The Balaban J connectivity index is 0.00000392. The smallest absolute Gasteiger partial charge is 0.191 e. The average Bonchev–Trinajstić information content (AvgIpc) is 2.93. The molecule has 2 rings (SSSR count). The summed E-state index contributed by atoms with van der Waals surface area (Å²) in [6, 6.07) is 4.05. The van der Waals surface area contributed by atoms with E-state index < -0.39 is 14.6 Å². The summed E-state index contributed by atoms with van der Waals surface area (Å²) >= 11 is 0. The minimum absolute atomic E-state index is 0. The molecule has 1 aliphatic rings. The lowest BCUT2D eigenvalue weighted by Gasteiger charge is -2.24. The fourth-order valence-corrected chi connectivity index (χ4v) is 3.07. The van der Waals surface area contributed by atoms with Crippen LogP contribution in [0.25, 0.3) is 0 Å². The molecule has 0 aromatic heterocycles. The van der Waals surface area contributed by atoms with Gasteiger partial charge in [0, 0.05) is 43.9 Å². The molecule has 1 atom stereocenters. The highest BCUT2D eigenvalue weighted by Crippen LogP contribution is 2.35. The van der Waals surface area contributed by atoms with Crippen LogP contribution in [0.3, 0.4) is 0 Å². The van der Waals surface area contributed by atoms with Gasteiger partial charge >= 0.3 is 0 Å². The Labute approximate surface area is 185 Å². The van der Waals surface area contributed by atoms with Crippen LogP contribution in [0, 0.1) is 0 Å². The molecule has 0 saturated carbocycles. The van der Waals surface area contributed by atoms with Crippen molar-refractivity contribution in [3.63, 3.8) is 0 Å². The van der Waals surface area contributed by atoms with E-state index >= 15 is 0 Å². The maximum atomic E-state index is 11.9. The maximum absolute atomic E-state index is 11.9. The van der Waals surface area contributed by atoms with Crippen LogP contribution in [-0.2, 0) is 22.8 Å². The van der Waals surface area contributed by atoms with Crippen LogP contribution < -0.4 is 20.1 Å². The number of fused-ring (bicyclic) bond motifs is 1. The molecule has 0 saturated heterocycles. The van der Waals surface area contributed by atoms with E-state index in [0.717, 1.165) is 29.0 Å². The van der Waals surface area contributed by atoms with Crippen molar-refractivity contribution >= 4 is 39.8 Å². The number of benzene rings is 1. The van der Waals surface area contributed by atoms with Gasteiger partial charge in [0.1, 0.15) is 17.6 Å². The Morgan fingerprint density at radius 2 is 2.04 bits per heavy atom. The first-order chi connectivity index (χ1) is 12.6. The van der Waals surface area contributed by atoms with Crippen molar-refractivity contribution < 1.29 is 17.9 Å². The molecule has 2 N–H and O–H groups in total. The van der Waals surface area contributed by atoms with Gasteiger partial charge in [-0.25, -0.2) is 8.42 Å². The number of nitrogens with one attached hydrogen (secondary N) is 2. The zero-order valence-electron chi connectivity index (χ0n) is 17.5. The molecule has 1 unspecified atom stereocenters. The quantitative estimate of drug-likeness (QED) is 0.323. The predicted molar refractivity (Wildman–Crippen MR) is 124 cm³/mol. The topological polar surface area (TPSA) is 89.0 Å². The Bertz CT molecular complexity index is 810. The van der Waals surface area contributed by atoms with Crippen LogP contribution >= 0.6 is 24.0 Å². The summed E-state index contributed by atoms with van der Waals surface area (Å²) in [5.74, 6) is 2.25. The molecule has 160 valence electrons. The van der Waals surface area contributed by atoms with Crippen LogP contribution in [0.5, 0.6) is 11.5 Å². The summed E-state index contributed by atoms with van der Waals surface area (Å²) in [7, 11) is -1.53. The molecule has 0 bridgehead atoms. The van der Waals surface area contributed by atoms with Gasteiger partial charge in [-0.1, -0.05) is 0 Å². The number of hydrogen-bond donors (Lipinski definition) is 2. The highest BCUT2D eigenvalue weighted by Gasteiger charge is 2.30. The minimum Gasteiger partial charge on any atom is -0.494 e. The normalized spacial score (nSPS) is 16.6. The number of sulfone groups is 1. The van der Waals surface area contributed by atoms with Crippen molar-refractivity contribution in [2.75, 3.05) is 26.5 Å². The van der Waals surface area contributed by atoms with E-state index in [0.29, 0.717) is 19.1 Å². The van der Waals surface area contributed by atoms with E-state index in [2.05, 4.69) is 15.6 Å². The van der Waals surface area contributed by atoms with Crippen molar-refractivity contribution in [3.05, 3.63) is 23.3 Å². The van der Waals surface area contributed by atoms with Gasteiger partial charge in [-0.3, -0.25) is 4.99 Å². The van der Waals surface area contributed by atoms with Gasteiger partial charge < -0.3 is 20.1 Å². The molecular weight excluding hydrogens is 493 g/mol. The zero-order valence-corrected chi connectivity index (χ0v) is 20.6. The van der Waals surface area contributed by atoms with Crippen LogP contribution in [0.1, 0.15) is 38.8 Å². The maximum Gasteiger partial charge on any atom is 0.191 e. The summed E-state index contributed by atoms with van der Waals surface area (Å²) in [6.07, 6.45) is 2.29. The second-order valence-electron chi connectivity index (χ2n) is 7.44. The number of nitrogens with zero attached hydrogens (tertiary/aromatic N) is 1. The third-order valence-electron chi connectivity index (χ3n) is 4.73. The third-order valence-corrected chi connectivity index (χ3v) is 6.89. The van der Waals surface area contributed by atoms with Gasteiger partial charge in [0.2, 0.25) is 0 Å². The molecular formula is C19H32IN3O4S. The SMILES string of the molecule is CCOc1cc2c(cc1CNC(=NC)NCC(C)(C)S(C)(=O)=O)OC(C)C2.I. The molecule has 1 aliphatic heterocycles. The first-order valence-electron chi connectivity index (χ1n) is 9.16. The molecule has 0 aliphatic carbocycles. The number of guanidine groups is 1. The van der Waals surface area contributed by atoms with E-state index in [1.807, 2.05) is 26.0 Å². The van der Waals surface area contributed by atoms with Gasteiger partial charge in [-0.15, -0.1) is 24.0 Å². The number of hydrogen-bond acceptors (Lipinski definition) is 5. The second-order valence-corrected chi connectivity index (χ2v) is 10.1. The highest BCUT2D eigenvalue weighted by molar-refractivity contribution is 14.0. The Kier molecular flexibility index (Phi) is 8.86. The summed E-state index contributed by atoms with van der Waals surface area (Å²) in [4.78, 5) is 4.18. The monoisotopic (exact) mass is 525 g/mol. The molecule has 0 radical (unpaired) electrons. The Morgan fingerprint density at radius 1 is 1.36 bits per heavy atom. The van der Waals surface area contributed by atoms with E-state index in [1.165, 1.54) is 6.26 Å². The van der Waals surface area contributed by atoms with Crippen LogP contribution in [0.2, 0.25) is 0 Å². The van der Waals surface area contributed by atoms with E-state index in [-0.39, 0.29) is 36.6 Å². The molecule has 9 heteroatoms. The average molecular weight is 525 g/mol. The van der Waals surface area contributed by atoms with Crippen LogP contribution in [0.15, 0.2) is 17.1 Å². The molecule has 28 heavy (non-hydrogen) atoms. The second kappa shape index (κ2) is 10.00. The molecule has 0 spiro atoms. The molecule has 1 heterocycles. The molecule has 1 aromatic rings. The third kappa shape index (κ3) is 6.13. The van der Waals surface area contributed by atoms with E-state index in [9.17, 15) is 8.42 Å². The summed E-state index contributed by atoms with van der Waals surface area (Å²) in [5, 5.41) is 6.30. The number of halogens is 1. The lowest BCUT2D eigenvalue weighted by molar-refractivity contribution is 0.254. The minimum atomic E-state index is -3.18. The number of ether oxygens (including phenoxy) is 2. The van der Waals surface area contributed by atoms with Crippen LogP contribution in [-0.4, -0.2) is 51.7 Å². The fourth-order valence-electron chi connectivity index (χ4n) is 2.74. The van der Waals surface area contributed by atoms with Gasteiger partial charge in [0.05, 0.1) is 11.4 Å². The van der Waals surface area contributed by atoms with Crippen molar-refractivity contribution in [1.29, 1.82) is 0 Å². The van der Waals surface area contributed by atoms with Gasteiger partial charge in [-0.2, -0.15) is 0 Å². The molecule has 7 nitrogen and oxygen atoms in total. The highest BCUT2D eigenvalue weighted by atomic mass is 127. The summed E-state index contributed by atoms with van der Waals surface area (Å²) in [5.41, 5.74) is 2.13. The van der Waals surface area contributed by atoms with Crippen molar-refractivity contribution in [2.45, 2.75) is 51.5 Å². The Hall–Kier alpha value is -1.23. The van der Waals surface area contributed by atoms with Gasteiger partial charge in [-0.05, 0) is 39.8 Å². The molecule has 0 amide bonds. The predicted octanol–water partition coefficient (Wildman–Crippen LogP) is 2.51. The van der Waals surface area contributed by atoms with Crippen molar-refractivity contribution in [2.24, 2.45) is 4.99 Å². The number of aliphatic imine (C=N–C) groups is 1. The summed E-state index contributed by atoms with van der Waals surface area (Å²) < 4.78 is 34.5. The van der Waals surface area contributed by atoms with Crippen molar-refractivity contribution in [1.82, 2.24) is 10.6 Å². The largest absolute Gasteiger partial charge is 0.494 e. The molecule has 1 aromatic carbocycles. The van der Waals surface area contributed by atoms with E-state index in [4.69, 9.17) is 9.47 Å². The standard InChI is InChI=1S/C19H31N3O4S.HI/c1-7-25-16-9-14-8-13(2)26-17(14)10-15(16)11-21-18(20-5)22-12-19(3,4)27(6,23)24;/h9-10,13H,7-8,11-12H2,1-6H3,(H2,20,21,22);1H. The van der Waals surface area contributed by atoms with Gasteiger partial charge in [0.15, 0.2) is 15.8 Å². The van der Waals surface area contributed by atoms with Gasteiger partial charge in [0.25, 0.3) is 0 Å².